The second-order valence-corrected chi connectivity index (χ2v) is 6.36. The minimum Gasteiger partial charge on any atom is -0.381 e. The van der Waals surface area contributed by atoms with Crippen LogP contribution in [0.4, 0.5) is 0 Å². The summed E-state index contributed by atoms with van der Waals surface area (Å²) in [6.07, 6.45) is 10.1. The number of hydrogen-bond acceptors (Lipinski definition) is 1. The van der Waals surface area contributed by atoms with Crippen molar-refractivity contribution in [2.24, 2.45) is 17.8 Å². The first-order chi connectivity index (χ1) is 8.60. The maximum Gasteiger partial charge on any atom is 0.0513 e. The summed E-state index contributed by atoms with van der Waals surface area (Å²) in [5.41, 5.74) is 0. The van der Waals surface area contributed by atoms with Crippen molar-refractivity contribution in [3.05, 3.63) is 0 Å². The van der Waals surface area contributed by atoms with Crippen LogP contribution in [0.3, 0.4) is 0 Å². The average Bonchev–Trinajstić information content (AvgIpc) is 3.08. The van der Waals surface area contributed by atoms with E-state index in [1.54, 1.807) is 0 Å². The lowest BCUT2D eigenvalue weighted by Crippen LogP contribution is -2.23. The molecular formula is C17H36O. The third-order valence-electron chi connectivity index (χ3n) is 3.56. The summed E-state index contributed by atoms with van der Waals surface area (Å²) >= 11 is 0. The molecule has 2 aliphatic carbocycles. The van der Waals surface area contributed by atoms with Gasteiger partial charge in [-0.05, 0) is 11.8 Å². The Balaban J connectivity index is 0.000000216. The van der Waals surface area contributed by atoms with Gasteiger partial charge in [0.05, 0.1) is 13.2 Å². The maximum absolute atomic E-state index is 4.83. The molecule has 0 radical (unpaired) electrons. The summed E-state index contributed by atoms with van der Waals surface area (Å²) in [5.74, 6) is 2.99. The van der Waals surface area contributed by atoms with Crippen molar-refractivity contribution < 1.29 is 4.74 Å². The molecule has 0 spiro atoms. The van der Waals surface area contributed by atoms with Crippen molar-refractivity contribution in [2.75, 3.05) is 13.2 Å². The molecule has 3 rings (SSSR count). The monoisotopic (exact) mass is 256 g/mol. The van der Waals surface area contributed by atoms with Gasteiger partial charge in [0.15, 0.2) is 0 Å². The second kappa shape index (κ2) is 12.0. The molecule has 1 heterocycles. The fourth-order valence-corrected chi connectivity index (χ4v) is 1.13. The quantitative estimate of drug-likeness (QED) is 0.586. The molecule has 3 fully saturated rings. The zero-order valence-corrected chi connectivity index (χ0v) is 13.5. The Kier molecular flexibility index (Phi) is 12.0. The highest BCUT2D eigenvalue weighted by atomic mass is 16.5. The molecule has 0 N–H and O–H groups in total. The lowest BCUT2D eigenvalue weighted by atomic mass is 9.88. The minimum absolute atomic E-state index is 0.843. The largest absolute Gasteiger partial charge is 0.381 e. The SMILES string of the molecule is CC1CC1.CC1CCC1.CC1COC1.CCCC. The fraction of sp³-hybridized carbons (Fsp3) is 1.00. The summed E-state index contributed by atoms with van der Waals surface area (Å²) in [6, 6.07) is 0. The van der Waals surface area contributed by atoms with Crippen LogP contribution < -0.4 is 0 Å². The molecule has 0 unspecified atom stereocenters. The molecule has 3 aliphatic rings. The summed E-state index contributed by atoms with van der Waals surface area (Å²) < 4.78 is 4.83. The Hall–Kier alpha value is -0.0400. The fourth-order valence-electron chi connectivity index (χ4n) is 1.13. The average molecular weight is 256 g/mol. The topological polar surface area (TPSA) is 9.23 Å². The second-order valence-electron chi connectivity index (χ2n) is 6.36. The normalized spacial score (nSPS) is 21.8. The van der Waals surface area contributed by atoms with E-state index in [1.807, 2.05) is 0 Å². The Morgan fingerprint density at radius 1 is 0.722 bits per heavy atom. The number of hydrogen-bond donors (Lipinski definition) is 0. The van der Waals surface area contributed by atoms with Crippen LogP contribution in [0.1, 0.15) is 79.6 Å². The first-order valence-corrected chi connectivity index (χ1v) is 8.17. The van der Waals surface area contributed by atoms with Crippen molar-refractivity contribution in [1.82, 2.24) is 0 Å². The molecule has 1 heteroatoms. The third-order valence-corrected chi connectivity index (χ3v) is 3.56. The summed E-state index contributed by atoms with van der Waals surface area (Å²) in [7, 11) is 0. The highest BCUT2D eigenvalue weighted by Crippen LogP contribution is 2.26. The molecule has 2 saturated carbocycles. The van der Waals surface area contributed by atoms with Crippen LogP contribution in [-0.4, -0.2) is 13.2 Å². The third kappa shape index (κ3) is 14.0. The number of unbranched alkanes of at least 4 members (excludes halogenated alkanes) is 1. The highest BCUT2D eigenvalue weighted by Gasteiger charge is 2.12. The molecule has 0 aromatic rings. The van der Waals surface area contributed by atoms with Crippen LogP contribution in [0.2, 0.25) is 0 Å². The number of ether oxygens (including phenoxy) is 1. The Morgan fingerprint density at radius 2 is 1.06 bits per heavy atom. The Bertz CT molecular complexity index is 141. The van der Waals surface area contributed by atoms with E-state index in [-0.39, 0.29) is 0 Å². The van der Waals surface area contributed by atoms with Crippen LogP contribution in [0.15, 0.2) is 0 Å². The lowest BCUT2D eigenvalue weighted by Gasteiger charge is -2.20. The molecule has 0 bridgehead atoms. The van der Waals surface area contributed by atoms with Gasteiger partial charge in [0.1, 0.15) is 0 Å². The smallest absolute Gasteiger partial charge is 0.0513 e. The van der Waals surface area contributed by atoms with E-state index in [9.17, 15) is 0 Å². The van der Waals surface area contributed by atoms with Crippen molar-refractivity contribution >= 4 is 0 Å². The van der Waals surface area contributed by atoms with Gasteiger partial charge in [-0.3, -0.25) is 0 Å². The zero-order chi connectivity index (χ0) is 13.8. The first kappa shape index (κ1) is 18.0. The Morgan fingerprint density at radius 3 is 1.06 bits per heavy atom. The van der Waals surface area contributed by atoms with Crippen molar-refractivity contribution in [3.63, 3.8) is 0 Å². The van der Waals surface area contributed by atoms with E-state index in [0.717, 1.165) is 31.0 Å². The number of rotatable bonds is 1. The van der Waals surface area contributed by atoms with E-state index >= 15 is 0 Å². The molecule has 1 nitrogen and oxygen atoms in total. The van der Waals surface area contributed by atoms with E-state index in [2.05, 4.69) is 34.6 Å². The first-order valence-electron chi connectivity index (χ1n) is 8.17. The van der Waals surface area contributed by atoms with E-state index < -0.39 is 0 Å². The molecule has 18 heavy (non-hydrogen) atoms. The lowest BCUT2D eigenvalue weighted by molar-refractivity contribution is -0.0221. The van der Waals surface area contributed by atoms with Crippen LogP contribution in [0.25, 0.3) is 0 Å². The van der Waals surface area contributed by atoms with E-state index in [4.69, 9.17) is 4.74 Å². The van der Waals surface area contributed by atoms with E-state index in [0.29, 0.717) is 0 Å². The van der Waals surface area contributed by atoms with Crippen LogP contribution >= 0.6 is 0 Å². The summed E-state index contributed by atoms with van der Waals surface area (Å²) in [4.78, 5) is 0. The zero-order valence-electron chi connectivity index (χ0n) is 13.5. The van der Waals surface area contributed by atoms with Gasteiger partial charge in [-0.2, -0.15) is 0 Å². The molecule has 0 aromatic heterocycles. The van der Waals surface area contributed by atoms with Gasteiger partial charge in [-0.1, -0.05) is 79.6 Å². The Labute approximate surface area is 116 Å². The molecule has 0 amide bonds. The maximum atomic E-state index is 4.83. The van der Waals surface area contributed by atoms with Gasteiger partial charge >= 0.3 is 0 Å². The predicted molar refractivity (Wildman–Crippen MR) is 82.0 cm³/mol. The van der Waals surface area contributed by atoms with Gasteiger partial charge in [0, 0.05) is 5.92 Å². The van der Waals surface area contributed by atoms with Crippen molar-refractivity contribution in [3.8, 4) is 0 Å². The highest BCUT2D eigenvalue weighted by molar-refractivity contribution is 4.65. The summed E-state index contributed by atoms with van der Waals surface area (Å²) in [5, 5.41) is 0. The van der Waals surface area contributed by atoms with E-state index in [1.165, 1.54) is 44.9 Å². The molecule has 1 aliphatic heterocycles. The van der Waals surface area contributed by atoms with Gasteiger partial charge in [-0.25, -0.2) is 0 Å². The van der Waals surface area contributed by atoms with Crippen LogP contribution in [0, 0.1) is 17.8 Å². The van der Waals surface area contributed by atoms with Crippen LogP contribution in [0.5, 0.6) is 0 Å². The predicted octanol–water partition coefficient (Wildman–Crippen LogP) is 5.68. The molecular weight excluding hydrogens is 220 g/mol. The molecule has 110 valence electrons. The molecule has 1 saturated heterocycles. The van der Waals surface area contributed by atoms with Crippen LogP contribution in [-0.2, 0) is 4.74 Å². The van der Waals surface area contributed by atoms with Crippen molar-refractivity contribution in [1.29, 1.82) is 0 Å². The molecule has 0 aromatic carbocycles. The van der Waals surface area contributed by atoms with Crippen molar-refractivity contribution in [2.45, 2.75) is 79.6 Å². The summed E-state index contributed by atoms with van der Waals surface area (Å²) in [6.45, 7) is 13.1. The van der Waals surface area contributed by atoms with Gasteiger partial charge in [-0.15, -0.1) is 0 Å². The van der Waals surface area contributed by atoms with Gasteiger partial charge in [0.2, 0.25) is 0 Å². The standard InChI is InChI=1S/C5H10.C4H8O.C4H8.C4H10/c1-5-3-2-4-5;1-4-2-5-3-4;1-4-2-3-4;1-3-4-2/h5H,2-4H2,1H3;4H,2-3H2,1H3;4H,2-3H2,1H3;3-4H2,1-2H3. The van der Waals surface area contributed by atoms with Gasteiger partial charge < -0.3 is 4.74 Å². The molecule has 0 atom stereocenters. The van der Waals surface area contributed by atoms with Gasteiger partial charge in [0.25, 0.3) is 0 Å². The minimum atomic E-state index is 0.843.